The molecule has 1 aromatic carbocycles. The summed E-state index contributed by atoms with van der Waals surface area (Å²) in [6.07, 6.45) is 5.20. The van der Waals surface area contributed by atoms with Crippen LogP contribution in [0.2, 0.25) is 0 Å². The van der Waals surface area contributed by atoms with Gasteiger partial charge in [0, 0.05) is 64.1 Å². The molecular formula is C25H30FN5O. The van der Waals surface area contributed by atoms with Crippen molar-refractivity contribution >= 4 is 5.95 Å². The van der Waals surface area contributed by atoms with Gasteiger partial charge in [-0.25, -0.2) is 9.37 Å². The van der Waals surface area contributed by atoms with Crippen LogP contribution < -0.4 is 9.64 Å². The van der Waals surface area contributed by atoms with Crippen molar-refractivity contribution in [3.05, 3.63) is 65.4 Å². The van der Waals surface area contributed by atoms with Crippen molar-refractivity contribution < 1.29 is 9.13 Å². The summed E-state index contributed by atoms with van der Waals surface area (Å²) in [5.41, 5.74) is 3.31. The lowest BCUT2D eigenvalue weighted by molar-refractivity contribution is 0.233. The molecule has 0 N–H and O–H groups in total. The molecule has 0 spiro atoms. The number of fused-ring (bicyclic) bond motifs is 1. The summed E-state index contributed by atoms with van der Waals surface area (Å²) >= 11 is 0. The Morgan fingerprint density at radius 1 is 1.09 bits per heavy atom. The van der Waals surface area contributed by atoms with Gasteiger partial charge in [0.2, 0.25) is 11.8 Å². The standard InChI is InChI=1S/C25H30FN5O/c1-18-8-13-31(14-9-18)25-27-23-10-12-30(16-20-6-4-11-29(20)2)17-22(23)24(28-25)32-21-7-3-5-19(26)15-21/h3-7,11,15,18H,8-10,12-14,16-17H2,1-2H3. The topological polar surface area (TPSA) is 46.4 Å². The first-order chi connectivity index (χ1) is 15.5. The van der Waals surface area contributed by atoms with E-state index < -0.39 is 0 Å². The zero-order chi connectivity index (χ0) is 22.1. The Bertz CT molecular complexity index is 1090. The molecule has 2 aliphatic rings. The van der Waals surface area contributed by atoms with Crippen LogP contribution in [0, 0.1) is 11.7 Å². The summed E-state index contributed by atoms with van der Waals surface area (Å²) in [5.74, 6) is 2.16. The summed E-state index contributed by atoms with van der Waals surface area (Å²) in [7, 11) is 2.07. The molecule has 2 aliphatic heterocycles. The fourth-order valence-corrected chi connectivity index (χ4v) is 4.53. The molecule has 2 aromatic heterocycles. The lowest BCUT2D eigenvalue weighted by atomic mass is 9.99. The predicted molar refractivity (Wildman–Crippen MR) is 122 cm³/mol. The fourth-order valence-electron chi connectivity index (χ4n) is 4.53. The maximum atomic E-state index is 13.8. The van der Waals surface area contributed by atoms with E-state index in [-0.39, 0.29) is 5.82 Å². The first-order valence-corrected chi connectivity index (χ1v) is 11.5. The van der Waals surface area contributed by atoms with Gasteiger partial charge in [-0.05, 0) is 43.0 Å². The predicted octanol–water partition coefficient (Wildman–Crippen LogP) is 4.54. The molecule has 7 heteroatoms. The van der Waals surface area contributed by atoms with E-state index in [4.69, 9.17) is 14.7 Å². The van der Waals surface area contributed by atoms with Crippen LogP contribution in [0.1, 0.15) is 36.7 Å². The van der Waals surface area contributed by atoms with Crippen LogP contribution in [0.3, 0.4) is 0 Å². The molecule has 1 fully saturated rings. The molecule has 0 aliphatic carbocycles. The van der Waals surface area contributed by atoms with E-state index in [0.717, 1.165) is 68.6 Å². The third-order valence-electron chi connectivity index (χ3n) is 6.60. The van der Waals surface area contributed by atoms with Crippen LogP contribution in [0.5, 0.6) is 11.6 Å². The van der Waals surface area contributed by atoms with E-state index >= 15 is 0 Å². The molecule has 168 valence electrons. The van der Waals surface area contributed by atoms with E-state index in [1.165, 1.54) is 17.8 Å². The Hall–Kier alpha value is -2.93. The molecule has 3 aromatic rings. The largest absolute Gasteiger partial charge is 0.438 e. The van der Waals surface area contributed by atoms with E-state index in [2.05, 4.69) is 46.7 Å². The van der Waals surface area contributed by atoms with Gasteiger partial charge in [-0.3, -0.25) is 4.90 Å². The molecule has 0 saturated carbocycles. The highest BCUT2D eigenvalue weighted by Crippen LogP contribution is 2.33. The molecule has 0 bridgehead atoms. The van der Waals surface area contributed by atoms with Gasteiger partial charge in [0.05, 0.1) is 11.3 Å². The number of anilines is 1. The highest BCUT2D eigenvalue weighted by atomic mass is 19.1. The number of nitrogens with zero attached hydrogens (tertiary/aromatic N) is 5. The smallest absolute Gasteiger partial charge is 0.228 e. The minimum atomic E-state index is -0.319. The second-order valence-electron chi connectivity index (χ2n) is 9.05. The quantitative estimate of drug-likeness (QED) is 0.589. The number of aryl methyl sites for hydroxylation is 1. The Labute approximate surface area is 188 Å². The van der Waals surface area contributed by atoms with Gasteiger partial charge < -0.3 is 14.2 Å². The molecule has 0 unspecified atom stereocenters. The van der Waals surface area contributed by atoms with Crippen molar-refractivity contribution in [2.75, 3.05) is 24.5 Å². The molecule has 0 atom stereocenters. The summed E-state index contributed by atoms with van der Waals surface area (Å²) < 4.78 is 22.1. The van der Waals surface area contributed by atoms with Crippen molar-refractivity contribution in [1.82, 2.24) is 19.4 Å². The Morgan fingerprint density at radius 2 is 1.94 bits per heavy atom. The zero-order valence-corrected chi connectivity index (χ0v) is 18.8. The monoisotopic (exact) mass is 435 g/mol. The van der Waals surface area contributed by atoms with Gasteiger partial charge in [0.1, 0.15) is 11.6 Å². The normalized spacial score (nSPS) is 17.4. The third-order valence-corrected chi connectivity index (χ3v) is 6.60. The second-order valence-corrected chi connectivity index (χ2v) is 9.05. The van der Waals surface area contributed by atoms with E-state index in [9.17, 15) is 4.39 Å². The van der Waals surface area contributed by atoms with Crippen molar-refractivity contribution in [1.29, 1.82) is 0 Å². The van der Waals surface area contributed by atoms with Gasteiger partial charge >= 0.3 is 0 Å². The molecule has 32 heavy (non-hydrogen) atoms. The van der Waals surface area contributed by atoms with Gasteiger partial charge in [-0.2, -0.15) is 4.98 Å². The Kier molecular flexibility index (Phi) is 5.83. The molecular weight excluding hydrogens is 405 g/mol. The van der Waals surface area contributed by atoms with Crippen LogP contribution in [-0.4, -0.2) is 39.1 Å². The van der Waals surface area contributed by atoms with Crippen LogP contribution in [-0.2, 0) is 26.6 Å². The summed E-state index contributed by atoms with van der Waals surface area (Å²) in [4.78, 5) is 14.5. The lowest BCUT2D eigenvalue weighted by Gasteiger charge is -2.33. The van der Waals surface area contributed by atoms with Crippen molar-refractivity contribution in [2.45, 2.75) is 39.3 Å². The van der Waals surface area contributed by atoms with Crippen molar-refractivity contribution in [3.63, 3.8) is 0 Å². The number of hydrogen-bond acceptors (Lipinski definition) is 5. The molecule has 1 saturated heterocycles. The summed E-state index contributed by atoms with van der Waals surface area (Å²) in [6, 6.07) is 10.5. The van der Waals surface area contributed by atoms with E-state index in [1.54, 1.807) is 12.1 Å². The number of benzene rings is 1. The summed E-state index contributed by atoms with van der Waals surface area (Å²) in [6.45, 7) is 6.71. The number of hydrogen-bond donors (Lipinski definition) is 0. The first-order valence-electron chi connectivity index (χ1n) is 11.5. The molecule has 0 amide bonds. The minimum Gasteiger partial charge on any atom is -0.438 e. The SMILES string of the molecule is CC1CCN(c2nc3c(c(Oc4cccc(F)c4)n2)CN(Cc2cccn2C)CC3)CC1. The minimum absolute atomic E-state index is 0.319. The van der Waals surface area contributed by atoms with Crippen LogP contribution in [0.25, 0.3) is 0 Å². The number of rotatable bonds is 5. The van der Waals surface area contributed by atoms with Crippen molar-refractivity contribution in [2.24, 2.45) is 13.0 Å². The van der Waals surface area contributed by atoms with Crippen LogP contribution in [0.4, 0.5) is 10.3 Å². The van der Waals surface area contributed by atoms with Gasteiger partial charge in [-0.1, -0.05) is 13.0 Å². The van der Waals surface area contributed by atoms with Crippen molar-refractivity contribution in [3.8, 4) is 11.6 Å². The number of piperidine rings is 1. The van der Waals surface area contributed by atoms with Gasteiger partial charge in [-0.15, -0.1) is 0 Å². The second kappa shape index (κ2) is 8.90. The van der Waals surface area contributed by atoms with E-state index in [1.807, 2.05) is 0 Å². The van der Waals surface area contributed by atoms with E-state index in [0.29, 0.717) is 18.2 Å². The summed E-state index contributed by atoms with van der Waals surface area (Å²) in [5, 5.41) is 0. The number of halogens is 1. The molecule has 6 nitrogen and oxygen atoms in total. The number of ether oxygens (including phenoxy) is 1. The first kappa shape index (κ1) is 20.9. The molecule has 0 radical (unpaired) electrons. The lowest BCUT2D eigenvalue weighted by Crippen LogP contribution is -2.36. The molecule has 5 rings (SSSR count). The highest BCUT2D eigenvalue weighted by molar-refractivity contribution is 5.44. The van der Waals surface area contributed by atoms with Crippen LogP contribution >= 0.6 is 0 Å². The molecule has 4 heterocycles. The average Bonchev–Trinajstić information content (AvgIpc) is 3.19. The van der Waals surface area contributed by atoms with Crippen LogP contribution in [0.15, 0.2) is 42.6 Å². The highest BCUT2D eigenvalue weighted by Gasteiger charge is 2.27. The maximum absolute atomic E-state index is 13.8. The number of aromatic nitrogens is 3. The average molecular weight is 436 g/mol. The Balaban J connectivity index is 1.46. The fraction of sp³-hybridized carbons (Fsp3) is 0.440. The van der Waals surface area contributed by atoms with Gasteiger partial charge in [0.25, 0.3) is 0 Å². The maximum Gasteiger partial charge on any atom is 0.228 e. The third kappa shape index (κ3) is 4.48. The van der Waals surface area contributed by atoms with Gasteiger partial charge in [0.15, 0.2) is 0 Å². The Morgan fingerprint density at radius 3 is 2.69 bits per heavy atom. The zero-order valence-electron chi connectivity index (χ0n) is 18.8.